The fourth-order valence-electron chi connectivity index (χ4n) is 1.68. The predicted octanol–water partition coefficient (Wildman–Crippen LogP) is 2.04. The average Bonchev–Trinajstić information content (AvgIpc) is 2.75. The molecule has 2 aromatic rings. The number of carbonyl (C=O) groups excluding carboxylic acids is 1. The number of fused-ring (bicyclic) bond motifs is 1. The fraction of sp³-hybridized carbons (Fsp3) is 0.333. The number of H-pyrrole nitrogens is 1. The summed E-state index contributed by atoms with van der Waals surface area (Å²) in [5.74, 6) is 0.876. The van der Waals surface area contributed by atoms with Gasteiger partial charge in [0.25, 0.3) is 5.91 Å². The van der Waals surface area contributed by atoms with E-state index in [1.54, 1.807) is 18.0 Å². The Balaban J connectivity index is 2.13. The number of carbonyl (C=O) groups is 1. The molecule has 4 nitrogen and oxygen atoms in total. The number of hydrogen-bond acceptors (Lipinski definition) is 3. The standard InChI is InChI=1S/C12H15N3OS/c1-8(7-17-2)14-12(16)9-3-4-10-6-13-15-11(10)5-9/h3-6,8H,7H2,1-2H3,(H,13,15)(H,14,16). The number of rotatable bonds is 4. The molecule has 1 atom stereocenters. The van der Waals surface area contributed by atoms with Crippen molar-refractivity contribution >= 4 is 28.6 Å². The third-order valence-corrected chi connectivity index (χ3v) is 3.33. The quantitative estimate of drug-likeness (QED) is 0.872. The van der Waals surface area contributed by atoms with E-state index < -0.39 is 0 Å². The molecule has 0 aliphatic carbocycles. The van der Waals surface area contributed by atoms with Crippen molar-refractivity contribution in [2.45, 2.75) is 13.0 Å². The highest BCUT2D eigenvalue weighted by atomic mass is 32.2. The van der Waals surface area contributed by atoms with Crippen molar-refractivity contribution in [2.24, 2.45) is 0 Å². The van der Waals surface area contributed by atoms with E-state index >= 15 is 0 Å². The molecular formula is C12H15N3OS. The van der Waals surface area contributed by atoms with Crippen LogP contribution in [0.2, 0.25) is 0 Å². The van der Waals surface area contributed by atoms with E-state index in [0.29, 0.717) is 5.56 Å². The maximum atomic E-state index is 11.9. The largest absolute Gasteiger partial charge is 0.349 e. The zero-order chi connectivity index (χ0) is 12.3. The zero-order valence-electron chi connectivity index (χ0n) is 9.86. The summed E-state index contributed by atoms with van der Waals surface area (Å²) in [6, 6.07) is 5.71. The number of nitrogens with zero attached hydrogens (tertiary/aromatic N) is 1. The van der Waals surface area contributed by atoms with E-state index in [-0.39, 0.29) is 11.9 Å². The minimum absolute atomic E-state index is 0.0388. The van der Waals surface area contributed by atoms with Crippen molar-refractivity contribution < 1.29 is 4.79 Å². The number of aromatic amines is 1. The van der Waals surface area contributed by atoms with Crippen LogP contribution in [0.1, 0.15) is 17.3 Å². The molecule has 0 fully saturated rings. The van der Waals surface area contributed by atoms with Crippen LogP contribution in [0.5, 0.6) is 0 Å². The summed E-state index contributed by atoms with van der Waals surface area (Å²) < 4.78 is 0. The molecule has 5 heteroatoms. The highest BCUT2D eigenvalue weighted by molar-refractivity contribution is 7.98. The first-order chi connectivity index (χ1) is 8.20. The van der Waals surface area contributed by atoms with E-state index in [0.717, 1.165) is 16.7 Å². The first-order valence-corrected chi connectivity index (χ1v) is 6.83. The molecule has 90 valence electrons. The lowest BCUT2D eigenvalue weighted by Crippen LogP contribution is -2.34. The molecule has 0 radical (unpaired) electrons. The Kier molecular flexibility index (Phi) is 3.68. The van der Waals surface area contributed by atoms with Crippen molar-refractivity contribution in [2.75, 3.05) is 12.0 Å². The van der Waals surface area contributed by atoms with E-state index in [9.17, 15) is 4.79 Å². The summed E-state index contributed by atoms with van der Waals surface area (Å²) in [6.07, 6.45) is 3.77. The molecule has 0 saturated heterocycles. The first kappa shape index (κ1) is 12.0. The zero-order valence-corrected chi connectivity index (χ0v) is 10.7. The fourth-order valence-corrected chi connectivity index (χ4v) is 2.26. The molecule has 1 aromatic carbocycles. The molecule has 17 heavy (non-hydrogen) atoms. The molecule has 0 aliphatic heterocycles. The van der Waals surface area contributed by atoms with E-state index in [1.165, 1.54) is 0 Å². The Labute approximate surface area is 104 Å². The monoisotopic (exact) mass is 249 g/mol. The predicted molar refractivity (Wildman–Crippen MR) is 71.4 cm³/mol. The Bertz CT molecular complexity index is 523. The minimum Gasteiger partial charge on any atom is -0.349 e. The minimum atomic E-state index is -0.0388. The van der Waals surface area contributed by atoms with Gasteiger partial charge in [0.15, 0.2) is 0 Å². The molecule has 1 heterocycles. The van der Waals surface area contributed by atoms with Crippen molar-refractivity contribution in [1.82, 2.24) is 15.5 Å². The lowest BCUT2D eigenvalue weighted by atomic mass is 10.1. The highest BCUT2D eigenvalue weighted by Crippen LogP contribution is 2.12. The molecule has 0 saturated carbocycles. The van der Waals surface area contributed by atoms with Crippen molar-refractivity contribution in [3.05, 3.63) is 30.0 Å². The summed E-state index contributed by atoms with van der Waals surface area (Å²) in [5, 5.41) is 10.8. The van der Waals surface area contributed by atoms with Gasteiger partial charge in [-0.15, -0.1) is 0 Å². The van der Waals surface area contributed by atoms with Gasteiger partial charge in [-0.1, -0.05) is 6.07 Å². The van der Waals surface area contributed by atoms with Gasteiger partial charge in [-0.25, -0.2) is 0 Å². The van der Waals surface area contributed by atoms with Crippen LogP contribution < -0.4 is 5.32 Å². The second-order valence-electron chi connectivity index (χ2n) is 4.00. The number of nitrogens with one attached hydrogen (secondary N) is 2. The number of benzene rings is 1. The van der Waals surface area contributed by atoms with Gasteiger partial charge in [0.1, 0.15) is 0 Å². The van der Waals surface area contributed by atoms with Crippen LogP contribution in [-0.4, -0.2) is 34.2 Å². The van der Waals surface area contributed by atoms with Gasteiger partial charge >= 0.3 is 0 Å². The normalized spacial score (nSPS) is 12.6. The summed E-state index contributed by atoms with van der Waals surface area (Å²) in [5.41, 5.74) is 1.55. The molecular weight excluding hydrogens is 234 g/mol. The van der Waals surface area contributed by atoms with Crippen LogP contribution in [0.25, 0.3) is 10.9 Å². The van der Waals surface area contributed by atoms with Gasteiger partial charge in [-0.05, 0) is 25.3 Å². The summed E-state index contributed by atoms with van der Waals surface area (Å²) in [7, 11) is 0. The van der Waals surface area contributed by atoms with E-state index in [4.69, 9.17) is 0 Å². The van der Waals surface area contributed by atoms with Crippen molar-refractivity contribution in [1.29, 1.82) is 0 Å². The van der Waals surface area contributed by atoms with Crippen molar-refractivity contribution in [3.8, 4) is 0 Å². The molecule has 0 bridgehead atoms. The summed E-state index contributed by atoms with van der Waals surface area (Å²) in [4.78, 5) is 11.9. The first-order valence-electron chi connectivity index (χ1n) is 5.43. The molecule has 1 amide bonds. The Hall–Kier alpha value is -1.49. The van der Waals surface area contributed by atoms with Crippen LogP contribution in [0.3, 0.4) is 0 Å². The lowest BCUT2D eigenvalue weighted by molar-refractivity contribution is 0.0944. The van der Waals surface area contributed by atoms with Crippen LogP contribution >= 0.6 is 11.8 Å². The van der Waals surface area contributed by atoms with E-state index in [2.05, 4.69) is 15.5 Å². The van der Waals surface area contributed by atoms with Crippen LogP contribution in [0.15, 0.2) is 24.4 Å². The van der Waals surface area contributed by atoms with Crippen LogP contribution in [-0.2, 0) is 0 Å². The lowest BCUT2D eigenvalue weighted by Gasteiger charge is -2.12. The smallest absolute Gasteiger partial charge is 0.251 e. The van der Waals surface area contributed by atoms with E-state index in [1.807, 2.05) is 31.4 Å². The topological polar surface area (TPSA) is 57.8 Å². The summed E-state index contributed by atoms with van der Waals surface area (Å²) >= 11 is 1.72. The highest BCUT2D eigenvalue weighted by Gasteiger charge is 2.10. The number of aromatic nitrogens is 2. The van der Waals surface area contributed by atoms with Gasteiger partial charge in [0.2, 0.25) is 0 Å². The van der Waals surface area contributed by atoms with Gasteiger partial charge in [0, 0.05) is 22.7 Å². The second kappa shape index (κ2) is 5.23. The van der Waals surface area contributed by atoms with Gasteiger partial charge in [-0.2, -0.15) is 16.9 Å². The van der Waals surface area contributed by atoms with Crippen molar-refractivity contribution in [3.63, 3.8) is 0 Å². The van der Waals surface area contributed by atoms with Crippen LogP contribution in [0, 0.1) is 0 Å². The Morgan fingerprint density at radius 3 is 3.18 bits per heavy atom. The van der Waals surface area contributed by atoms with Crippen LogP contribution in [0.4, 0.5) is 0 Å². The molecule has 1 aromatic heterocycles. The van der Waals surface area contributed by atoms with Gasteiger partial charge < -0.3 is 5.32 Å². The molecule has 1 unspecified atom stereocenters. The maximum absolute atomic E-state index is 11.9. The number of amides is 1. The average molecular weight is 249 g/mol. The van der Waals surface area contributed by atoms with Gasteiger partial charge in [-0.3, -0.25) is 9.89 Å². The second-order valence-corrected chi connectivity index (χ2v) is 4.91. The SMILES string of the molecule is CSCC(C)NC(=O)c1ccc2cn[nH]c2c1. The Morgan fingerprint density at radius 1 is 1.59 bits per heavy atom. The third kappa shape index (κ3) is 2.79. The summed E-state index contributed by atoms with van der Waals surface area (Å²) in [6.45, 7) is 2.00. The number of hydrogen-bond donors (Lipinski definition) is 2. The Morgan fingerprint density at radius 2 is 2.41 bits per heavy atom. The number of thioether (sulfide) groups is 1. The maximum Gasteiger partial charge on any atom is 0.251 e. The van der Waals surface area contributed by atoms with Gasteiger partial charge in [0.05, 0.1) is 11.7 Å². The molecule has 2 N–H and O–H groups in total. The molecule has 2 rings (SSSR count). The molecule has 0 aliphatic rings. The third-order valence-electron chi connectivity index (χ3n) is 2.50. The molecule has 0 spiro atoms.